The standard InChI is InChI=1S/C12H6F3N3OS/c1-5-16-12-18(17-5)11(19)9(20-12)4-6-2-7(13)10(15)8(14)3-6/h2-4H,1H3. The number of aromatic nitrogens is 3. The molecule has 0 N–H and O–H groups in total. The van der Waals surface area contributed by atoms with Crippen LogP contribution in [0, 0.1) is 24.4 Å². The molecule has 8 heteroatoms. The van der Waals surface area contributed by atoms with Crippen molar-refractivity contribution in [2.24, 2.45) is 0 Å². The Hall–Kier alpha value is -2.22. The Morgan fingerprint density at radius 3 is 2.50 bits per heavy atom. The molecule has 0 aliphatic carbocycles. The van der Waals surface area contributed by atoms with Gasteiger partial charge in [-0.15, -0.1) is 5.10 Å². The lowest BCUT2D eigenvalue weighted by Crippen LogP contribution is -2.23. The first-order valence-corrected chi connectivity index (χ1v) is 6.30. The molecule has 2 heterocycles. The third-order valence-electron chi connectivity index (χ3n) is 2.59. The number of benzene rings is 1. The van der Waals surface area contributed by atoms with Crippen molar-refractivity contribution in [3.63, 3.8) is 0 Å². The van der Waals surface area contributed by atoms with E-state index in [1.54, 1.807) is 6.92 Å². The molecule has 0 bridgehead atoms. The van der Waals surface area contributed by atoms with Crippen LogP contribution in [-0.2, 0) is 0 Å². The van der Waals surface area contributed by atoms with Gasteiger partial charge in [0.15, 0.2) is 17.5 Å². The molecule has 20 heavy (non-hydrogen) atoms. The van der Waals surface area contributed by atoms with E-state index in [4.69, 9.17) is 0 Å². The molecule has 0 spiro atoms. The highest BCUT2D eigenvalue weighted by Crippen LogP contribution is 2.14. The molecule has 4 nitrogen and oxygen atoms in total. The van der Waals surface area contributed by atoms with Crippen LogP contribution in [-0.4, -0.2) is 14.6 Å². The largest absolute Gasteiger partial charge is 0.291 e. The van der Waals surface area contributed by atoms with Gasteiger partial charge in [-0.05, 0) is 30.7 Å². The van der Waals surface area contributed by atoms with Gasteiger partial charge in [0.2, 0.25) is 4.96 Å². The van der Waals surface area contributed by atoms with E-state index < -0.39 is 23.0 Å². The Morgan fingerprint density at radius 2 is 1.90 bits per heavy atom. The number of rotatable bonds is 1. The summed E-state index contributed by atoms with van der Waals surface area (Å²) in [5.74, 6) is -3.69. The van der Waals surface area contributed by atoms with Crippen LogP contribution in [0.2, 0.25) is 0 Å². The molecule has 3 aromatic rings. The summed E-state index contributed by atoms with van der Waals surface area (Å²) in [6.45, 7) is 1.65. The number of fused-ring (bicyclic) bond motifs is 1. The Balaban J connectivity index is 2.22. The zero-order chi connectivity index (χ0) is 14.4. The highest BCUT2D eigenvalue weighted by Gasteiger charge is 2.11. The highest BCUT2D eigenvalue weighted by atomic mass is 32.1. The Kier molecular flexibility index (Phi) is 2.82. The Bertz CT molecular complexity index is 908. The third kappa shape index (κ3) is 1.97. The summed E-state index contributed by atoms with van der Waals surface area (Å²) in [5.41, 5.74) is -0.379. The average Bonchev–Trinajstić information content (AvgIpc) is 2.86. The molecule has 0 fully saturated rings. The normalized spacial score (nSPS) is 12.5. The minimum atomic E-state index is -1.54. The maximum atomic E-state index is 13.1. The summed E-state index contributed by atoms with van der Waals surface area (Å²) >= 11 is 1.04. The topological polar surface area (TPSA) is 47.3 Å². The van der Waals surface area contributed by atoms with Crippen LogP contribution in [0.1, 0.15) is 11.4 Å². The molecule has 0 atom stereocenters. The van der Waals surface area contributed by atoms with Gasteiger partial charge in [0.1, 0.15) is 5.82 Å². The van der Waals surface area contributed by atoms with E-state index in [1.165, 1.54) is 6.08 Å². The molecule has 0 saturated carbocycles. The fourth-order valence-corrected chi connectivity index (χ4v) is 2.69. The molecule has 102 valence electrons. The predicted molar refractivity (Wildman–Crippen MR) is 67.0 cm³/mol. The van der Waals surface area contributed by atoms with Crippen LogP contribution < -0.4 is 10.1 Å². The molecular weight excluding hydrogens is 291 g/mol. The lowest BCUT2D eigenvalue weighted by Gasteiger charge is -1.96. The molecule has 0 radical (unpaired) electrons. The van der Waals surface area contributed by atoms with Crippen LogP contribution in [0.25, 0.3) is 11.0 Å². The van der Waals surface area contributed by atoms with Gasteiger partial charge in [-0.25, -0.2) is 18.2 Å². The molecule has 0 unspecified atom stereocenters. The van der Waals surface area contributed by atoms with Crippen molar-refractivity contribution in [1.82, 2.24) is 14.6 Å². The summed E-state index contributed by atoms with van der Waals surface area (Å²) in [4.78, 5) is 16.4. The van der Waals surface area contributed by atoms with E-state index in [9.17, 15) is 18.0 Å². The van der Waals surface area contributed by atoms with Crippen molar-refractivity contribution in [3.05, 3.63) is 55.9 Å². The molecule has 1 aromatic carbocycles. The molecule has 3 rings (SSSR count). The monoisotopic (exact) mass is 297 g/mol. The summed E-state index contributed by atoms with van der Waals surface area (Å²) in [6, 6.07) is 1.64. The molecule has 0 saturated heterocycles. The fraction of sp³-hybridized carbons (Fsp3) is 0.0833. The summed E-state index contributed by atoms with van der Waals surface area (Å²) in [5, 5.41) is 3.90. The van der Waals surface area contributed by atoms with E-state index in [0.29, 0.717) is 10.8 Å². The van der Waals surface area contributed by atoms with Gasteiger partial charge in [0.05, 0.1) is 4.53 Å². The smallest absolute Gasteiger partial charge is 0.266 e. The van der Waals surface area contributed by atoms with Gasteiger partial charge < -0.3 is 0 Å². The number of aryl methyl sites for hydroxylation is 1. The second-order valence-corrected chi connectivity index (χ2v) is 5.08. The lowest BCUT2D eigenvalue weighted by atomic mass is 10.2. The van der Waals surface area contributed by atoms with Crippen molar-refractivity contribution < 1.29 is 13.2 Å². The first-order chi connectivity index (χ1) is 9.45. The minimum absolute atomic E-state index is 0.0553. The molecule has 0 aliphatic heterocycles. The summed E-state index contributed by atoms with van der Waals surface area (Å²) in [7, 11) is 0. The number of thiazole rings is 1. The Morgan fingerprint density at radius 1 is 1.25 bits per heavy atom. The first kappa shape index (κ1) is 12.8. The number of halogens is 3. The van der Waals surface area contributed by atoms with Gasteiger partial charge in [0, 0.05) is 0 Å². The van der Waals surface area contributed by atoms with Crippen LogP contribution >= 0.6 is 11.3 Å². The lowest BCUT2D eigenvalue weighted by molar-refractivity contribution is 0.447. The zero-order valence-electron chi connectivity index (χ0n) is 10.0. The van der Waals surface area contributed by atoms with Crippen LogP contribution in [0.5, 0.6) is 0 Å². The van der Waals surface area contributed by atoms with Gasteiger partial charge in [0.25, 0.3) is 5.56 Å². The quantitative estimate of drug-likeness (QED) is 0.638. The third-order valence-corrected chi connectivity index (χ3v) is 3.55. The van der Waals surface area contributed by atoms with Crippen molar-refractivity contribution in [2.45, 2.75) is 6.92 Å². The number of hydrogen-bond donors (Lipinski definition) is 0. The summed E-state index contributed by atoms with van der Waals surface area (Å²) < 4.78 is 40.4. The number of nitrogens with zero attached hydrogens (tertiary/aromatic N) is 3. The zero-order valence-corrected chi connectivity index (χ0v) is 10.8. The maximum Gasteiger partial charge on any atom is 0.291 e. The number of hydrogen-bond acceptors (Lipinski definition) is 4. The van der Waals surface area contributed by atoms with Gasteiger partial charge in [-0.2, -0.15) is 4.52 Å². The SMILES string of the molecule is Cc1nc2sc(=Cc3cc(F)c(F)c(F)c3)c(=O)n2n1. The summed E-state index contributed by atoms with van der Waals surface area (Å²) in [6.07, 6.45) is 1.27. The van der Waals surface area contributed by atoms with Crippen molar-refractivity contribution >= 4 is 22.4 Å². The van der Waals surface area contributed by atoms with E-state index in [-0.39, 0.29) is 10.1 Å². The van der Waals surface area contributed by atoms with E-state index >= 15 is 0 Å². The van der Waals surface area contributed by atoms with Crippen molar-refractivity contribution in [3.8, 4) is 0 Å². The minimum Gasteiger partial charge on any atom is -0.266 e. The molecular formula is C12H6F3N3OS. The van der Waals surface area contributed by atoms with Crippen LogP contribution in [0.4, 0.5) is 13.2 Å². The second kappa shape index (κ2) is 4.41. The second-order valence-electron chi connectivity index (χ2n) is 4.07. The van der Waals surface area contributed by atoms with E-state index in [0.717, 1.165) is 28.0 Å². The molecule has 0 amide bonds. The molecule has 0 aliphatic rings. The van der Waals surface area contributed by atoms with Crippen LogP contribution in [0.3, 0.4) is 0 Å². The van der Waals surface area contributed by atoms with Crippen molar-refractivity contribution in [1.29, 1.82) is 0 Å². The van der Waals surface area contributed by atoms with Gasteiger partial charge in [-0.3, -0.25) is 4.79 Å². The predicted octanol–water partition coefficient (Wildman–Crippen LogP) is 1.42. The van der Waals surface area contributed by atoms with E-state index in [1.807, 2.05) is 0 Å². The Labute approximate surface area is 113 Å². The van der Waals surface area contributed by atoms with Crippen molar-refractivity contribution in [2.75, 3.05) is 0 Å². The average molecular weight is 297 g/mol. The first-order valence-electron chi connectivity index (χ1n) is 5.48. The molecule has 2 aromatic heterocycles. The maximum absolute atomic E-state index is 13.1. The highest BCUT2D eigenvalue weighted by molar-refractivity contribution is 7.15. The van der Waals surface area contributed by atoms with E-state index in [2.05, 4.69) is 10.1 Å². The van der Waals surface area contributed by atoms with Gasteiger partial charge >= 0.3 is 0 Å². The van der Waals surface area contributed by atoms with Crippen LogP contribution in [0.15, 0.2) is 16.9 Å². The van der Waals surface area contributed by atoms with Gasteiger partial charge in [-0.1, -0.05) is 11.3 Å². The fourth-order valence-electron chi connectivity index (χ4n) is 1.74.